The maximum absolute atomic E-state index is 12.5. The summed E-state index contributed by atoms with van der Waals surface area (Å²) in [5.41, 5.74) is 0. The number of phosphoric ester groups is 1. The monoisotopic (exact) mass is 748 g/mol. The minimum absolute atomic E-state index is 0.0271. The number of quaternary nitrogens is 1. The van der Waals surface area contributed by atoms with E-state index in [1.807, 2.05) is 28.1 Å². The summed E-state index contributed by atoms with van der Waals surface area (Å²) in [6, 6.07) is 0. The largest absolute Gasteiger partial charge is 0.756 e. The van der Waals surface area contributed by atoms with Gasteiger partial charge in [0.05, 0.1) is 27.7 Å². The Kier molecular flexibility index (Phi) is 34.1. The molecule has 0 N–H and O–H groups in total. The summed E-state index contributed by atoms with van der Waals surface area (Å²) in [6.07, 6.45) is 33.8. The topological polar surface area (TPSA) is 111 Å². The van der Waals surface area contributed by atoms with Crippen LogP contribution < -0.4 is 4.89 Å². The first kappa shape index (κ1) is 50.0. The molecule has 304 valence electrons. The lowest BCUT2D eigenvalue weighted by Gasteiger charge is -2.28. The van der Waals surface area contributed by atoms with Crippen molar-refractivity contribution in [3.05, 3.63) is 0 Å². The lowest BCUT2D eigenvalue weighted by atomic mass is 10.0. The molecular formula is C41H82NO8P. The lowest BCUT2D eigenvalue weighted by Crippen LogP contribution is -2.37. The van der Waals surface area contributed by atoms with E-state index in [0.29, 0.717) is 23.9 Å². The maximum atomic E-state index is 12.5. The molecule has 51 heavy (non-hydrogen) atoms. The minimum atomic E-state index is -4.60. The fraction of sp³-hybridized carbons (Fsp3) is 0.951. The smallest absolute Gasteiger partial charge is 0.306 e. The summed E-state index contributed by atoms with van der Waals surface area (Å²) in [4.78, 5) is 36.9. The molecule has 0 saturated heterocycles. The molecule has 0 aromatic carbocycles. The third-order valence-electron chi connectivity index (χ3n) is 9.38. The summed E-state index contributed by atoms with van der Waals surface area (Å²) in [6.45, 7) is 4.06. The molecule has 0 radical (unpaired) electrons. The van der Waals surface area contributed by atoms with Gasteiger partial charge in [0.15, 0.2) is 6.10 Å². The average Bonchev–Trinajstić information content (AvgIpc) is 3.07. The molecule has 0 rings (SSSR count). The zero-order valence-corrected chi connectivity index (χ0v) is 35.0. The van der Waals surface area contributed by atoms with E-state index in [1.54, 1.807) is 0 Å². The summed E-state index contributed by atoms with van der Waals surface area (Å²) in [7, 11) is 1.17. The van der Waals surface area contributed by atoms with Crippen LogP contribution in [0.25, 0.3) is 0 Å². The first-order valence-electron chi connectivity index (χ1n) is 21.2. The number of phosphoric acid groups is 1. The highest BCUT2D eigenvalue weighted by Gasteiger charge is 2.21. The second kappa shape index (κ2) is 34.8. The Bertz CT molecular complexity index is 850. The van der Waals surface area contributed by atoms with Gasteiger partial charge in [0.2, 0.25) is 0 Å². The summed E-state index contributed by atoms with van der Waals surface area (Å²) in [5.74, 6) is -0.852. The fourth-order valence-corrected chi connectivity index (χ4v) is 6.74. The van der Waals surface area contributed by atoms with Crippen molar-refractivity contribution in [2.75, 3.05) is 47.5 Å². The van der Waals surface area contributed by atoms with E-state index in [9.17, 15) is 19.0 Å². The highest BCUT2D eigenvalue weighted by atomic mass is 31.2. The lowest BCUT2D eigenvalue weighted by molar-refractivity contribution is -0.870. The number of nitrogens with zero attached hydrogens (tertiary/aromatic N) is 1. The van der Waals surface area contributed by atoms with E-state index in [4.69, 9.17) is 18.5 Å². The second-order valence-electron chi connectivity index (χ2n) is 15.7. The summed E-state index contributed by atoms with van der Waals surface area (Å²) in [5, 5.41) is 0. The van der Waals surface area contributed by atoms with Crippen LogP contribution in [0.5, 0.6) is 0 Å². The quantitative estimate of drug-likeness (QED) is 0.0264. The van der Waals surface area contributed by atoms with Gasteiger partial charge in [0.25, 0.3) is 7.82 Å². The van der Waals surface area contributed by atoms with Gasteiger partial charge in [-0.05, 0) is 12.8 Å². The molecule has 0 amide bonds. The van der Waals surface area contributed by atoms with Crippen LogP contribution in [-0.4, -0.2) is 70.0 Å². The highest BCUT2D eigenvalue weighted by molar-refractivity contribution is 7.45. The van der Waals surface area contributed by atoms with Crippen LogP contribution in [-0.2, 0) is 32.7 Å². The molecule has 0 heterocycles. The Labute approximate surface area is 314 Å². The van der Waals surface area contributed by atoms with E-state index in [0.717, 1.165) is 25.7 Å². The molecule has 0 aromatic rings. The predicted molar refractivity (Wildman–Crippen MR) is 208 cm³/mol. The van der Waals surface area contributed by atoms with Gasteiger partial charge >= 0.3 is 11.9 Å². The Morgan fingerprint density at radius 1 is 0.529 bits per heavy atom. The first-order valence-corrected chi connectivity index (χ1v) is 22.7. The number of hydrogen-bond acceptors (Lipinski definition) is 8. The zero-order chi connectivity index (χ0) is 37.9. The van der Waals surface area contributed by atoms with Crippen molar-refractivity contribution in [2.24, 2.45) is 0 Å². The molecule has 0 aromatic heterocycles. The van der Waals surface area contributed by atoms with Crippen LogP contribution in [0.15, 0.2) is 0 Å². The number of hydrogen-bond donors (Lipinski definition) is 0. The first-order chi connectivity index (χ1) is 24.5. The van der Waals surface area contributed by atoms with Crippen molar-refractivity contribution in [2.45, 2.75) is 206 Å². The number of carbonyl (C=O) groups excluding carboxylic acids is 2. The summed E-state index contributed by atoms with van der Waals surface area (Å²) < 4.78 is 33.5. The van der Waals surface area contributed by atoms with E-state index >= 15 is 0 Å². The SMILES string of the molecule is CCCCCCCCCCCCCCCCCCCCCCCCCCC(=O)OC(COC(=O)CCCCC)COP(=O)([O-])OCC[N+](C)(C)C. The number of carbonyl (C=O) groups is 2. The van der Waals surface area contributed by atoms with Gasteiger partial charge < -0.3 is 27.9 Å². The van der Waals surface area contributed by atoms with Crippen molar-refractivity contribution in [1.82, 2.24) is 0 Å². The van der Waals surface area contributed by atoms with E-state index in [-0.39, 0.29) is 26.1 Å². The average molecular weight is 748 g/mol. The number of rotatable bonds is 39. The van der Waals surface area contributed by atoms with Gasteiger partial charge in [-0.2, -0.15) is 0 Å². The van der Waals surface area contributed by atoms with Gasteiger partial charge in [-0.15, -0.1) is 0 Å². The summed E-state index contributed by atoms with van der Waals surface area (Å²) >= 11 is 0. The van der Waals surface area contributed by atoms with Crippen molar-refractivity contribution in [3.8, 4) is 0 Å². The Morgan fingerprint density at radius 2 is 0.882 bits per heavy atom. The number of esters is 2. The van der Waals surface area contributed by atoms with E-state index in [2.05, 4.69) is 6.92 Å². The van der Waals surface area contributed by atoms with Gasteiger partial charge in [-0.25, -0.2) is 0 Å². The standard InChI is InChI=1S/C41H82NO8P/c1-6-8-10-11-12-13-14-15-16-17-18-19-20-21-22-23-24-25-26-27-28-29-30-32-34-41(44)50-39(37-47-40(43)33-31-9-7-2)38-49-51(45,46)48-36-35-42(3,4)5/h39H,6-38H2,1-5H3. The van der Waals surface area contributed by atoms with Crippen LogP contribution in [0.1, 0.15) is 200 Å². The van der Waals surface area contributed by atoms with Crippen LogP contribution in [0.2, 0.25) is 0 Å². The van der Waals surface area contributed by atoms with Crippen molar-refractivity contribution in [1.29, 1.82) is 0 Å². The molecule has 2 atom stereocenters. The van der Waals surface area contributed by atoms with Crippen molar-refractivity contribution >= 4 is 19.8 Å². The number of unbranched alkanes of at least 4 members (excludes halogenated alkanes) is 25. The molecule has 0 spiro atoms. The van der Waals surface area contributed by atoms with Crippen LogP contribution in [0.4, 0.5) is 0 Å². The second-order valence-corrected chi connectivity index (χ2v) is 17.1. The molecule has 0 aliphatic heterocycles. The molecule has 0 aliphatic rings. The van der Waals surface area contributed by atoms with Gasteiger partial charge in [-0.1, -0.05) is 174 Å². The molecular weight excluding hydrogens is 665 g/mol. The molecule has 0 aliphatic carbocycles. The highest BCUT2D eigenvalue weighted by Crippen LogP contribution is 2.38. The van der Waals surface area contributed by atoms with Crippen molar-refractivity contribution in [3.63, 3.8) is 0 Å². The molecule has 10 heteroatoms. The van der Waals surface area contributed by atoms with E-state index in [1.165, 1.54) is 135 Å². The zero-order valence-electron chi connectivity index (χ0n) is 34.1. The Balaban J connectivity index is 3.92. The molecule has 0 saturated carbocycles. The van der Waals surface area contributed by atoms with E-state index < -0.39 is 32.5 Å². The molecule has 2 unspecified atom stereocenters. The van der Waals surface area contributed by atoms with Crippen molar-refractivity contribution < 1.29 is 42.1 Å². The van der Waals surface area contributed by atoms with Gasteiger partial charge in [0, 0.05) is 12.8 Å². The van der Waals surface area contributed by atoms with Crippen LogP contribution in [0.3, 0.4) is 0 Å². The number of likely N-dealkylation sites (N-methyl/N-ethyl adjacent to an activating group) is 1. The molecule has 0 bridgehead atoms. The van der Waals surface area contributed by atoms with Gasteiger partial charge in [0.1, 0.15) is 19.8 Å². The predicted octanol–water partition coefficient (Wildman–Crippen LogP) is 11.0. The molecule has 9 nitrogen and oxygen atoms in total. The third-order valence-corrected chi connectivity index (χ3v) is 10.3. The fourth-order valence-electron chi connectivity index (χ4n) is 6.01. The van der Waals surface area contributed by atoms with Gasteiger partial charge in [-0.3, -0.25) is 14.2 Å². The normalized spacial score (nSPS) is 13.6. The Morgan fingerprint density at radius 3 is 1.29 bits per heavy atom. The third kappa shape index (κ3) is 38.5. The van der Waals surface area contributed by atoms with Crippen LogP contribution >= 0.6 is 7.82 Å². The molecule has 0 fully saturated rings. The minimum Gasteiger partial charge on any atom is -0.756 e. The Hall–Kier alpha value is -0.990. The number of ether oxygens (including phenoxy) is 2. The maximum Gasteiger partial charge on any atom is 0.306 e. The van der Waals surface area contributed by atoms with Crippen LogP contribution in [0, 0.1) is 0 Å².